The summed E-state index contributed by atoms with van der Waals surface area (Å²) in [6, 6.07) is 0. The Morgan fingerprint density at radius 3 is 2.11 bits per heavy atom. The van der Waals surface area contributed by atoms with Crippen LogP contribution in [0.25, 0.3) is 0 Å². The molecule has 0 radical (unpaired) electrons. The SMILES string of the molecule is N=C=O.O=[P+](O)CCCl. The van der Waals surface area contributed by atoms with E-state index in [-0.39, 0.29) is 12.0 Å². The Kier molecular flexibility index (Phi) is 13.6. The van der Waals surface area contributed by atoms with Crippen LogP contribution in [0.1, 0.15) is 0 Å². The fourth-order valence-corrected chi connectivity index (χ4v) is 0.651. The standard InChI is InChI=1S/C2H4ClO2P.CHNO/c3-1-2-6(4)5;2-1-3/h1-2H2;2H/p+1. The first-order chi connectivity index (χ1) is 4.18. The fraction of sp³-hybridized carbons (Fsp3) is 0.667. The maximum absolute atomic E-state index is 9.66. The minimum absolute atomic E-state index is 0.205. The van der Waals surface area contributed by atoms with Crippen molar-refractivity contribution < 1.29 is 14.3 Å². The first-order valence-corrected chi connectivity index (χ1v) is 3.85. The molecule has 0 aromatic carbocycles. The second-order valence-electron chi connectivity index (χ2n) is 0.867. The summed E-state index contributed by atoms with van der Waals surface area (Å²) < 4.78 is 9.66. The summed E-state index contributed by atoms with van der Waals surface area (Å²) in [5.41, 5.74) is 0. The van der Waals surface area contributed by atoms with E-state index in [1.807, 2.05) is 0 Å². The maximum Gasteiger partial charge on any atom is 0.506 e. The van der Waals surface area contributed by atoms with Crippen LogP contribution in [-0.4, -0.2) is 23.0 Å². The van der Waals surface area contributed by atoms with Gasteiger partial charge in [-0.3, -0.25) is 0 Å². The topological polar surface area (TPSA) is 78.2 Å². The van der Waals surface area contributed by atoms with Gasteiger partial charge in [0.25, 0.3) is 0 Å². The molecule has 0 aromatic rings. The van der Waals surface area contributed by atoms with Crippen molar-refractivity contribution in [1.82, 2.24) is 0 Å². The molecule has 1 unspecified atom stereocenters. The van der Waals surface area contributed by atoms with Crippen molar-refractivity contribution in [2.75, 3.05) is 12.0 Å². The molecule has 0 saturated heterocycles. The van der Waals surface area contributed by atoms with Gasteiger partial charge in [-0.15, -0.1) is 11.6 Å². The lowest BCUT2D eigenvalue weighted by atomic mass is 11.0. The van der Waals surface area contributed by atoms with Crippen LogP contribution in [0.15, 0.2) is 0 Å². The number of carbonyl (C=O) groups excluding carboxylic acids is 1. The van der Waals surface area contributed by atoms with Gasteiger partial charge in [0.2, 0.25) is 6.08 Å². The van der Waals surface area contributed by atoms with E-state index < -0.39 is 8.03 Å². The monoisotopic (exact) mass is 170 g/mol. The Morgan fingerprint density at radius 1 is 1.78 bits per heavy atom. The zero-order valence-corrected chi connectivity index (χ0v) is 6.15. The molecule has 0 fully saturated rings. The van der Waals surface area contributed by atoms with Crippen LogP contribution in [-0.2, 0) is 9.36 Å². The molecule has 52 valence electrons. The molecule has 0 aliphatic heterocycles. The van der Waals surface area contributed by atoms with Crippen molar-refractivity contribution in [2.24, 2.45) is 0 Å². The van der Waals surface area contributed by atoms with Crippen LogP contribution in [0.4, 0.5) is 0 Å². The lowest BCUT2D eigenvalue weighted by Gasteiger charge is -1.63. The van der Waals surface area contributed by atoms with E-state index in [2.05, 4.69) is 0 Å². The van der Waals surface area contributed by atoms with Gasteiger partial charge in [0.05, 0.1) is 5.88 Å². The number of hydrogen-bond acceptors (Lipinski definition) is 3. The number of rotatable bonds is 2. The first-order valence-electron chi connectivity index (χ1n) is 1.92. The van der Waals surface area contributed by atoms with Crippen LogP contribution in [0.2, 0.25) is 0 Å². The Hall–Kier alpha value is -0.270. The highest BCUT2D eigenvalue weighted by molar-refractivity contribution is 7.38. The summed E-state index contributed by atoms with van der Waals surface area (Å²) in [4.78, 5) is 16.3. The quantitative estimate of drug-likeness (QED) is 0.279. The highest BCUT2D eigenvalue weighted by Crippen LogP contribution is 2.10. The highest BCUT2D eigenvalue weighted by Gasteiger charge is 2.04. The number of alkyl halides is 1. The average Bonchev–Trinajstić information content (AvgIpc) is 1.67. The van der Waals surface area contributed by atoms with Gasteiger partial charge in [0.15, 0.2) is 6.16 Å². The van der Waals surface area contributed by atoms with E-state index in [0.29, 0.717) is 0 Å². The Labute approximate surface area is 58.2 Å². The van der Waals surface area contributed by atoms with Gasteiger partial charge < -0.3 is 0 Å². The number of isocyanates is 1. The van der Waals surface area contributed by atoms with Crippen LogP contribution in [0.5, 0.6) is 0 Å². The normalized spacial score (nSPS) is 8.44. The lowest BCUT2D eigenvalue weighted by Crippen LogP contribution is -1.73. The van der Waals surface area contributed by atoms with Crippen LogP contribution in [0.3, 0.4) is 0 Å². The molecule has 0 bridgehead atoms. The molecule has 0 aliphatic carbocycles. The third-order valence-corrected chi connectivity index (χ3v) is 1.33. The molecule has 0 aromatic heterocycles. The van der Waals surface area contributed by atoms with E-state index in [1.54, 1.807) is 0 Å². The van der Waals surface area contributed by atoms with Gasteiger partial charge >= 0.3 is 8.03 Å². The summed E-state index contributed by atoms with van der Waals surface area (Å²) in [5, 5.41) is 5.40. The molecule has 0 saturated carbocycles. The smallest absolute Gasteiger partial charge is 0.222 e. The van der Waals surface area contributed by atoms with E-state index in [4.69, 9.17) is 26.7 Å². The summed E-state index contributed by atoms with van der Waals surface area (Å²) in [5.74, 6) is 0.270. The van der Waals surface area contributed by atoms with Crippen LogP contribution < -0.4 is 0 Å². The zero-order valence-electron chi connectivity index (χ0n) is 4.50. The molecular weight excluding hydrogens is 164 g/mol. The van der Waals surface area contributed by atoms with Crippen LogP contribution in [0, 0.1) is 5.41 Å². The minimum Gasteiger partial charge on any atom is -0.222 e. The largest absolute Gasteiger partial charge is 0.506 e. The summed E-state index contributed by atoms with van der Waals surface area (Å²) in [7, 11) is -1.98. The van der Waals surface area contributed by atoms with Crippen molar-refractivity contribution in [2.45, 2.75) is 0 Å². The predicted octanol–water partition coefficient (Wildman–Crippen LogP) is 0.861. The number of hydrogen-bond donors (Lipinski definition) is 2. The van der Waals surface area contributed by atoms with Gasteiger partial charge in [-0.25, -0.2) is 10.2 Å². The van der Waals surface area contributed by atoms with Crippen molar-refractivity contribution >= 4 is 25.7 Å². The van der Waals surface area contributed by atoms with E-state index >= 15 is 0 Å². The molecule has 0 amide bonds. The molecule has 1 atom stereocenters. The second kappa shape index (κ2) is 10.7. The summed E-state index contributed by atoms with van der Waals surface area (Å²) >= 11 is 5.05. The van der Waals surface area contributed by atoms with Gasteiger partial charge in [0.1, 0.15) is 0 Å². The summed E-state index contributed by atoms with van der Waals surface area (Å²) in [6.45, 7) is 0. The molecule has 9 heavy (non-hydrogen) atoms. The Bertz CT molecular complexity index is 112. The molecule has 2 N–H and O–H groups in total. The van der Waals surface area contributed by atoms with Gasteiger partial charge in [-0.2, -0.15) is 4.89 Å². The Balaban J connectivity index is 0. The molecule has 0 aliphatic rings. The Morgan fingerprint density at radius 2 is 2.11 bits per heavy atom. The summed E-state index contributed by atoms with van der Waals surface area (Å²) in [6.07, 6.45) is 0.955. The van der Waals surface area contributed by atoms with E-state index in [9.17, 15) is 4.57 Å². The van der Waals surface area contributed by atoms with Gasteiger partial charge in [-0.05, 0) is 4.57 Å². The van der Waals surface area contributed by atoms with Crippen molar-refractivity contribution in [1.29, 1.82) is 5.41 Å². The zero-order chi connectivity index (χ0) is 7.70. The molecule has 6 heteroatoms. The third kappa shape index (κ3) is 34.1. The lowest BCUT2D eigenvalue weighted by molar-refractivity contribution is 0.504. The van der Waals surface area contributed by atoms with Crippen molar-refractivity contribution in [3.05, 3.63) is 0 Å². The maximum atomic E-state index is 9.66. The number of nitrogens with one attached hydrogen (secondary N) is 1. The average molecular weight is 171 g/mol. The molecule has 0 rings (SSSR count). The molecule has 0 spiro atoms. The van der Waals surface area contributed by atoms with E-state index in [0.717, 1.165) is 6.08 Å². The first kappa shape index (κ1) is 11.5. The fourth-order valence-electron chi connectivity index (χ4n) is 0.0723. The predicted molar refractivity (Wildman–Crippen MR) is 33.8 cm³/mol. The van der Waals surface area contributed by atoms with Gasteiger partial charge in [0, 0.05) is 0 Å². The third-order valence-electron chi connectivity index (χ3n) is 0.276. The second-order valence-corrected chi connectivity index (χ2v) is 2.40. The van der Waals surface area contributed by atoms with E-state index in [1.165, 1.54) is 0 Å². The number of halogens is 1. The molecule has 0 heterocycles. The minimum atomic E-state index is -1.98. The van der Waals surface area contributed by atoms with Gasteiger partial charge in [-0.1, -0.05) is 0 Å². The molecule has 4 nitrogen and oxygen atoms in total. The highest BCUT2D eigenvalue weighted by atomic mass is 35.5. The molecular formula is C3H6ClNO3P+. The van der Waals surface area contributed by atoms with Crippen LogP contribution >= 0.6 is 19.6 Å². The van der Waals surface area contributed by atoms with Crippen molar-refractivity contribution in [3.63, 3.8) is 0 Å². The van der Waals surface area contributed by atoms with Crippen molar-refractivity contribution in [3.8, 4) is 0 Å².